The van der Waals surface area contributed by atoms with Crippen molar-refractivity contribution in [1.29, 1.82) is 0 Å². The zero-order valence-corrected chi connectivity index (χ0v) is 33.9. The minimum absolute atomic E-state index is 0. The molecule has 5 aromatic carbocycles. The van der Waals surface area contributed by atoms with Gasteiger partial charge in [-0.05, 0) is 83.7 Å². The molecule has 0 N–H and O–H groups in total. The number of furan rings is 1. The number of pyridine rings is 2. The Bertz CT molecular complexity index is 2450. The van der Waals surface area contributed by atoms with Gasteiger partial charge in [-0.1, -0.05) is 103 Å². The summed E-state index contributed by atoms with van der Waals surface area (Å²) in [6, 6.07) is 48.5. The van der Waals surface area contributed by atoms with Gasteiger partial charge < -0.3 is 14.4 Å². The molecule has 0 atom stereocenters. The SMILES string of the molecule is C[Si](C)(C)c1cnc(-c2[c-]cccc2)cc1Cc1ccccc1.Cc1cc2oc3c[c-]c(-c4cc(C)c(-c5ccccc5)cn4)cc3c2cc1C.[Ir]. The molecule has 0 saturated heterocycles. The van der Waals surface area contributed by atoms with Crippen molar-refractivity contribution in [2.45, 2.75) is 46.8 Å². The summed E-state index contributed by atoms with van der Waals surface area (Å²) in [6.45, 7) is 13.5. The van der Waals surface area contributed by atoms with Crippen LogP contribution in [-0.4, -0.2) is 18.0 Å². The van der Waals surface area contributed by atoms with Crippen molar-refractivity contribution >= 4 is 35.2 Å². The van der Waals surface area contributed by atoms with Crippen molar-refractivity contribution in [3.8, 4) is 33.6 Å². The number of fused-ring (bicyclic) bond motifs is 3. The van der Waals surface area contributed by atoms with E-state index in [2.05, 4.69) is 150 Å². The molecule has 8 rings (SSSR count). The largest absolute Gasteiger partial charge is 0.500 e. The number of hydrogen-bond acceptors (Lipinski definition) is 3. The van der Waals surface area contributed by atoms with Crippen LogP contribution in [0.1, 0.15) is 27.8 Å². The van der Waals surface area contributed by atoms with Gasteiger partial charge in [0, 0.05) is 43.4 Å². The van der Waals surface area contributed by atoms with E-state index in [1.54, 1.807) is 0 Å². The average Bonchev–Trinajstić information content (AvgIpc) is 3.49. The summed E-state index contributed by atoms with van der Waals surface area (Å²) in [7, 11) is -1.43. The van der Waals surface area contributed by atoms with Gasteiger partial charge in [0.25, 0.3) is 0 Å². The van der Waals surface area contributed by atoms with E-state index < -0.39 is 8.07 Å². The first-order chi connectivity index (χ1) is 24.6. The van der Waals surface area contributed by atoms with Gasteiger partial charge in [0.05, 0.1) is 13.7 Å². The smallest absolute Gasteiger partial charge is 0.121 e. The third-order valence-electron chi connectivity index (χ3n) is 9.51. The number of aryl methyl sites for hydroxylation is 3. The van der Waals surface area contributed by atoms with Crippen molar-refractivity contribution in [3.05, 3.63) is 174 Å². The fraction of sp³-hybridized carbons (Fsp3) is 0.149. The molecule has 0 saturated carbocycles. The van der Waals surface area contributed by atoms with Gasteiger partial charge in [0.1, 0.15) is 5.58 Å². The molecule has 5 heteroatoms. The standard InChI is InChI=1S/C26H20NO.C21H22NSi.Ir/c1-16-11-21-22-14-20(9-10-25(22)28-26(21)13-17(16)2)24-12-18(3)23(15-27-24)19-7-5-4-6-8-19;1-23(2,3)21-16-22-20(18-12-8-5-9-13-18)15-19(21)14-17-10-6-4-7-11-17;/h4-8,10-15H,1-3H3;4-12,15-16H,14H2,1-3H3;/q2*-1;. The number of nitrogens with zero attached hydrogens (tertiary/aromatic N) is 2. The molecule has 1 radical (unpaired) electrons. The van der Waals surface area contributed by atoms with E-state index in [1.165, 1.54) is 38.6 Å². The summed E-state index contributed by atoms with van der Waals surface area (Å²) in [5, 5.41) is 3.70. The van der Waals surface area contributed by atoms with E-state index in [4.69, 9.17) is 14.4 Å². The Kier molecular flexibility index (Phi) is 11.2. The first kappa shape index (κ1) is 36.8. The Morgan fingerprint density at radius 2 is 1.27 bits per heavy atom. The van der Waals surface area contributed by atoms with Gasteiger partial charge in [-0.15, -0.1) is 59.7 Å². The van der Waals surface area contributed by atoms with Crippen molar-refractivity contribution in [2.24, 2.45) is 0 Å². The van der Waals surface area contributed by atoms with E-state index in [0.29, 0.717) is 0 Å². The second-order valence-electron chi connectivity index (χ2n) is 14.3. The van der Waals surface area contributed by atoms with E-state index in [-0.39, 0.29) is 20.1 Å². The number of hydrogen-bond donors (Lipinski definition) is 0. The van der Waals surface area contributed by atoms with E-state index in [1.807, 2.05) is 36.5 Å². The molecule has 0 spiro atoms. The van der Waals surface area contributed by atoms with Gasteiger partial charge in [-0.2, -0.15) is 0 Å². The Balaban J connectivity index is 0.000000179. The quantitative estimate of drug-likeness (QED) is 0.123. The molecule has 0 aliphatic heterocycles. The molecule has 3 aromatic heterocycles. The summed E-state index contributed by atoms with van der Waals surface area (Å²) in [4.78, 5) is 9.45. The fourth-order valence-corrected chi connectivity index (χ4v) is 8.16. The van der Waals surface area contributed by atoms with E-state index >= 15 is 0 Å². The Hall–Kier alpha value is -4.93. The zero-order chi connectivity index (χ0) is 35.5. The Labute approximate surface area is 322 Å². The van der Waals surface area contributed by atoms with Crippen LogP contribution < -0.4 is 5.19 Å². The third-order valence-corrected chi connectivity index (χ3v) is 11.6. The maximum absolute atomic E-state index is 6.03. The maximum atomic E-state index is 6.03. The second kappa shape index (κ2) is 15.8. The van der Waals surface area contributed by atoms with Gasteiger partial charge in [-0.3, -0.25) is 0 Å². The van der Waals surface area contributed by atoms with Gasteiger partial charge in [0.15, 0.2) is 0 Å². The van der Waals surface area contributed by atoms with E-state index in [9.17, 15) is 0 Å². The average molecular weight is 871 g/mol. The van der Waals surface area contributed by atoms with Crippen LogP contribution in [0.2, 0.25) is 19.6 Å². The summed E-state index contributed by atoms with van der Waals surface area (Å²) < 4.78 is 6.03. The summed E-state index contributed by atoms with van der Waals surface area (Å²) in [5.41, 5.74) is 14.6. The zero-order valence-electron chi connectivity index (χ0n) is 30.5. The van der Waals surface area contributed by atoms with Crippen LogP contribution in [0.25, 0.3) is 55.6 Å². The van der Waals surface area contributed by atoms with Crippen LogP contribution in [0.5, 0.6) is 0 Å². The molecule has 0 fully saturated rings. The van der Waals surface area contributed by atoms with Crippen LogP contribution in [0.3, 0.4) is 0 Å². The van der Waals surface area contributed by atoms with Crippen LogP contribution in [0.15, 0.2) is 138 Å². The second-order valence-corrected chi connectivity index (χ2v) is 19.4. The van der Waals surface area contributed by atoms with Gasteiger partial charge in [-0.25, -0.2) is 0 Å². The summed E-state index contributed by atoms with van der Waals surface area (Å²) >= 11 is 0. The predicted octanol–water partition coefficient (Wildman–Crippen LogP) is 11.7. The summed E-state index contributed by atoms with van der Waals surface area (Å²) in [6.07, 6.45) is 5.02. The minimum atomic E-state index is -1.43. The molecule has 8 aromatic rings. The molecule has 0 aliphatic carbocycles. The molecule has 0 bridgehead atoms. The number of rotatable bonds is 6. The molecule has 0 unspecified atom stereocenters. The van der Waals surface area contributed by atoms with Crippen molar-refractivity contribution in [1.82, 2.24) is 9.97 Å². The Morgan fingerprint density at radius 1 is 0.615 bits per heavy atom. The van der Waals surface area contributed by atoms with Crippen molar-refractivity contribution < 1.29 is 24.5 Å². The number of benzene rings is 5. The molecule has 261 valence electrons. The first-order valence-electron chi connectivity index (χ1n) is 17.5. The molecule has 0 amide bonds. The molecular weight excluding hydrogens is 829 g/mol. The molecule has 3 nitrogen and oxygen atoms in total. The third kappa shape index (κ3) is 8.08. The molecular formula is C47H42IrN2OSi-2. The Morgan fingerprint density at radius 3 is 1.96 bits per heavy atom. The molecule has 3 heterocycles. The van der Waals surface area contributed by atoms with Crippen LogP contribution in [0.4, 0.5) is 0 Å². The summed E-state index contributed by atoms with van der Waals surface area (Å²) in [5.74, 6) is 0. The number of aromatic nitrogens is 2. The molecule has 0 aliphatic rings. The van der Waals surface area contributed by atoms with Gasteiger partial charge >= 0.3 is 0 Å². The van der Waals surface area contributed by atoms with Crippen LogP contribution in [0, 0.1) is 32.9 Å². The van der Waals surface area contributed by atoms with Crippen LogP contribution in [-0.2, 0) is 26.5 Å². The first-order valence-corrected chi connectivity index (χ1v) is 21.0. The van der Waals surface area contributed by atoms with Crippen molar-refractivity contribution in [2.75, 3.05) is 0 Å². The monoisotopic (exact) mass is 871 g/mol. The fourth-order valence-electron chi connectivity index (χ4n) is 6.58. The normalized spacial score (nSPS) is 11.2. The van der Waals surface area contributed by atoms with E-state index in [0.717, 1.165) is 56.4 Å². The molecule has 52 heavy (non-hydrogen) atoms. The van der Waals surface area contributed by atoms with Crippen molar-refractivity contribution in [3.63, 3.8) is 0 Å². The van der Waals surface area contributed by atoms with Gasteiger partial charge in [0.2, 0.25) is 0 Å². The predicted molar refractivity (Wildman–Crippen MR) is 216 cm³/mol. The van der Waals surface area contributed by atoms with Crippen LogP contribution >= 0.6 is 0 Å². The maximum Gasteiger partial charge on any atom is 0.121 e. The topological polar surface area (TPSA) is 38.9 Å². The minimum Gasteiger partial charge on any atom is -0.500 e.